The van der Waals surface area contributed by atoms with Crippen molar-refractivity contribution < 1.29 is 14.3 Å². The predicted octanol–water partition coefficient (Wildman–Crippen LogP) is 1.19. The van der Waals surface area contributed by atoms with Crippen LogP contribution in [0.15, 0.2) is 0 Å². The highest BCUT2D eigenvalue weighted by Crippen LogP contribution is 2.38. The first-order chi connectivity index (χ1) is 8.54. The topological polar surface area (TPSA) is 70.6 Å². The maximum Gasteiger partial charge on any atom is 0.218 e. The molecule has 1 rings (SSSR count). The summed E-state index contributed by atoms with van der Waals surface area (Å²) in [5.74, 6) is -0.149. The van der Waals surface area contributed by atoms with Crippen LogP contribution in [0.1, 0.15) is 34.1 Å². The number of nitrogens with one attached hydrogen (secondary N) is 2. The summed E-state index contributed by atoms with van der Waals surface area (Å²) in [5, 5.41) is 16.3. The van der Waals surface area contributed by atoms with Crippen molar-refractivity contribution in [3.05, 3.63) is 0 Å². The Morgan fingerprint density at radius 2 is 2.00 bits per heavy atom. The standard InChI is InChI=1S/C13H28N2O3Si/c1-9(16)15-12-11(17)10(7-8-14-12)18-19(5,6)13(2,3)4/h10-12,14,17H,7-8H2,1-6H3,(H,15,16)/t10-,11+,12-/m1/s1. The van der Waals surface area contributed by atoms with Crippen molar-refractivity contribution in [2.75, 3.05) is 6.54 Å². The average Bonchev–Trinajstić information content (AvgIpc) is 2.21. The van der Waals surface area contributed by atoms with E-state index in [1.807, 2.05) is 0 Å². The quantitative estimate of drug-likeness (QED) is 0.682. The summed E-state index contributed by atoms with van der Waals surface area (Å²) in [6, 6.07) is 0. The lowest BCUT2D eigenvalue weighted by atomic mass is 10.0. The van der Waals surface area contributed by atoms with Gasteiger partial charge in [-0.25, -0.2) is 0 Å². The normalized spacial score (nSPS) is 29.1. The Labute approximate surface area is 117 Å². The van der Waals surface area contributed by atoms with Crippen molar-refractivity contribution in [3.8, 4) is 0 Å². The van der Waals surface area contributed by atoms with E-state index in [9.17, 15) is 9.90 Å². The molecule has 1 aliphatic heterocycles. The lowest BCUT2D eigenvalue weighted by Gasteiger charge is -2.44. The van der Waals surface area contributed by atoms with Crippen LogP contribution in [0, 0.1) is 0 Å². The Morgan fingerprint density at radius 1 is 1.42 bits per heavy atom. The van der Waals surface area contributed by atoms with Crippen molar-refractivity contribution >= 4 is 14.2 Å². The lowest BCUT2D eigenvalue weighted by molar-refractivity contribution is -0.122. The van der Waals surface area contributed by atoms with Crippen LogP contribution in [0.25, 0.3) is 0 Å². The van der Waals surface area contributed by atoms with E-state index in [0.29, 0.717) is 0 Å². The first-order valence-electron chi connectivity index (χ1n) is 6.91. The smallest absolute Gasteiger partial charge is 0.218 e. The third-order valence-corrected chi connectivity index (χ3v) is 8.63. The molecule has 3 atom stereocenters. The molecule has 0 aromatic heterocycles. The second-order valence-electron chi connectivity index (χ2n) is 6.83. The lowest BCUT2D eigenvalue weighted by Crippen LogP contribution is -2.62. The first-order valence-corrected chi connectivity index (χ1v) is 9.82. The molecule has 0 saturated carbocycles. The van der Waals surface area contributed by atoms with Crippen molar-refractivity contribution in [1.82, 2.24) is 10.6 Å². The molecule has 0 bridgehead atoms. The molecule has 0 radical (unpaired) electrons. The first kappa shape index (κ1) is 16.6. The van der Waals surface area contributed by atoms with Gasteiger partial charge in [0.15, 0.2) is 8.32 Å². The molecule has 0 aliphatic carbocycles. The van der Waals surface area contributed by atoms with Crippen LogP contribution < -0.4 is 10.6 Å². The molecule has 3 N–H and O–H groups in total. The number of amides is 1. The largest absolute Gasteiger partial charge is 0.411 e. The Balaban J connectivity index is 2.70. The van der Waals surface area contributed by atoms with E-state index in [4.69, 9.17) is 4.43 Å². The van der Waals surface area contributed by atoms with Crippen molar-refractivity contribution in [2.24, 2.45) is 0 Å². The molecule has 19 heavy (non-hydrogen) atoms. The zero-order valence-electron chi connectivity index (χ0n) is 12.9. The van der Waals surface area contributed by atoms with Crippen molar-refractivity contribution in [3.63, 3.8) is 0 Å². The molecule has 0 unspecified atom stereocenters. The molecule has 6 heteroatoms. The minimum Gasteiger partial charge on any atom is -0.411 e. The maximum absolute atomic E-state index is 11.1. The maximum atomic E-state index is 11.1. The van der Waals surface area contributed by atoms with Gasteiger partial charge in [-0.1, -0.05) is 20.8 Å². The van der Waals surface area contributed by atoms with E-state index in [-0.39, 0.29) is 17.0 Å². The summed E-state index contributed by atoms with van der Waals surface area (Å²) in [4.78, 5) is 11.1. The number of hydrogen-bond acceptors (Lipinski definition) is 4. The van der Waals surface area contributed by atoms with E-state index in [1.165, 1.54) is 6.92 Å². The van der Waals surface area contributed by atoms with Gasteiger partial charge in [-0.05, 0) is 31.1 Å². The molecule has 0 aromatic carbocycles. The summed E-state index contributed by atoms with van der Waals surface area (Å²) in [6.45, 7) is 13.1. The fourth-order valence-electron chi connectivity index (χ4n) is 1.93. The van der Waals surface area contributed by atoms with Crippen LogP contribution in [0.2, 0.25) is 18.1 Å². The molecular weight excluding hydrogens is 260 g/mol. The number of rotatable bonds is 3. The molecule has 1 fully saturated rings. The van der Waals surface area contributed by atoms with Crippen molar-refractivity contribution in [2.45, 2.75) is 70.6 Å². The van der Waals surface area contributed by atoms with Gasteiger partial charge in [0.05, 0.1) is 6.10 Å². The molecule has 112 valence electrons. The molecular formula is C13H28N2O3Si. The zero-order valence-corrected chi connectivity index (χ0v) is 13.9. The Bertz CT molecular complexity index is 328. The second kappa shape index (κ2) is 5.91. The number of hydrogen-bond donors (Lipinski definition) is 3. The van der Waals surface area contributed by atoms with E-state index < -0.39 is 20.6 Å². The molecule has 5 nitrogen and oxygen atoms in total. The van der Waals surface area contributed by atoms with Crippen LogP contribution in [-0.2, 0) is 9.22 Å². The van der Waals surface area contributed by atoms with Gasteiger partial charge in [0.25, 0.3) is 0 Å². The number of piperidine rings is 1. The van der Waals surface area contributed by atoms with Crippen LogP contribution in [-0.4, -0.2) is 44.2 Å². The fourth-order valence-corrected chi connectivity index (χ4v) is 3.29. The van der Waals surface area contributed by atoms with Crippen LogP contribution in [0.4, 0.5) is 0 Å². The summed E-state index contributed by atoms with van der Waals surface area (Å²) in [7, 11) is -1.90. The fraction of sp³-hybridized carbons (Fsp3) is 0.923. The Kier molecular flexibility index (Phi) is 5.17. The van der Waals surface area contributed by atoms with Crippen molar-refractivity contribution in [1.29, 1.82) is 0 Å². The monoisotopic (exact) mass is 288 g/mol. The minimum absolute atomic E-state index is 0.112. The third-order valence-electron chi connectivity index (χ3n) is 4.13. The summed E-state index contributed by atoms with van der Waals surface area (Å²) >= 11 is 0. The number of carbonyl (C=O) groups excluding carboxylic acids is 1. The molecule has 1 aliphatic rings. The Hall–Kier alpha value is -0.433. The van der Waals surface area contributed by atoms with Gasteiger partial charge < -0.3 is 14.8 Å². The highest BCUT2D eigenvalue weighted by atomic mass is 28.4. The zero-order chi connectivity index (χ0) is 14.8. The minimum atomic E-state index is -1.90. The van der Waals surface area contributed by atoms with Gasteiger partial charge in [0, 0.05) is 6.92 Å². The number of aliphatic hydroxyl groups is 1. The Morgan fingerprint density at radius 3 is 2.47 bits per heavy atom. The molecule has 0 aromatic rings. The molecule has 1 saturated heterocycles. The summed E-state index contributed by atoms with van der Waals surface area (Å²) < 4.78 is 6.26. The summed E-state index contributed by atoms with van der Waals surface area (Å²) in [5.41, 5.74) is 0. The van der Waals surface area contributed by atoms with E-state index in [0.717, 1.165) is 13.0 Å². The van der Waals surface area contributed by atoms with Gasteiger partial charge in [-0.2, -0.15) is 0 Å². The van der Waals surface area contributed by atoms with Gasteiger partial charge in [-0.15, -0.1) is 0 Å². The third kappa shape index (κ3) is 4.27. The predicted molar refractivity (Wildman–Crippen MR) is 78.3 cm³/mol. The van der Waals surface area contributed by atoms with E-state index in [2.05, 4.69) is 44.5 Å². The van der Waals surface area contributed by atoms with Crippen LogP contribution in [0.3, 0.4) is 0 Å². The highest BCUT2D eigenvalue weighted by Gasteiger charge is 2.42. The van der Waals surface area contributed by atoms with Crippen LogP contribution >= 0.6 is 0 Å². The van der Waals surface area contributed by atoms with Gasteiger partial charge in [0.1, 0.15) is 12.3 Å². The average molecular weight is 288 g/mol. The SMILES string of the molecule is CC(=O)N[C@H]1NCC[C@@H](O[Si](C)(C)C(C)(C)C)[C@@H]1O. The number of aliphatic hydroxyl groups excluding tert-OH is 1. The highest BCUT2D eigenvalue weighted by molar-refractivity contribution is 6.74. The van der Waals surface area contributed by atoms with Crippen LogP contribution in [0.5, 0.6) is 0 Å². The summed E-state index contributed by atoms with van der Waals surface area (Å²) in [6.07, 6.45) is -0.559. The van der Waals surface area contributed by atoms with Gasteiger partial charge in [0.2, 0.25) is 5.91 Å². The second-order valence-corrected chi connectivity index (χ2v) is 11.6. The molecule has 1 heterocycles. The van der Waals surface area contributed by atoms with E-state index >= 15 is 0 Å². The van der Waals surface area contributed by atoms with Gasteiger partial charge in [-0.3, -0.25) is 10.1 Å². The van der Waals surface area contributed by atoms with Gasteiger partial charge >= 0.3 is 0 Å². The number of carbonyl (C=O) groups is 1. The molecule has 0 spiro atoms. The van der Waals surface area contributed by atoms with E-state index in [1.54, 1.807) is 0 Å². The molecule has 1 amide bonds.